The Morgan fingerprint density at radius 2 is 1.79 bits per heavy atom. The molecule has 0 aliphatic carbocycles. The van der Waals surface area contributed by atoms with Crippen molar-refractivity contribution in [1.82, 2.24) is 15.2 Å². The van der Waals surface area contributed by atoms with E-state index in [1.54, 1.807) is 0 Å². The van der Waals surface area contributed by atoms with Crippen LogP contribution in [0.5, 0.6) is 0 Å². The van der Waals surface area contributed by atoms with Crippen molar-refractivity contribution in [2.75, 3.05) is 38.1 Å². The molecule has 2 N–H and O–H groups in total. The van der Waals surface area contributed by atoms with Crippen molar-refractivity contribution >= 4 is 35.6 Å². The maximum atomic E-state index is 4.64. The number of benzene rings is 1. The average molecular weight is 441 g/mol. The Labute approximate surface area is 162 Å². The van der Waals surface area contributed by atoms with Gasteiger partial charge in [-0.15, -0.1) is 24.0 Å². The predicted molar refractivity (Wildman–Crippen MR) is 114 cm³/mol. The van der Waals surface area contributed by atoms with E-state index in [0.717, 1.165) is 38.7 Å². The first kappa shape index (κ1) is 20.3. The number of guanidine groups is 1. The molecule has 0 fully saturated rings. The average Bonchev–Trinajstić information content (AvgIpc) is 3.09. The van der Waals surface area contributed by atoms with Crippen LogP contribution < -0.4 is 15.5 Å². The number of rotatable bonds is 8. The molecule has 1 heterocycles. The summed E-state index contributed by atoms with van der Waals surface area (Å²) in [4.78, 5) is 6.86. The number of hydrogen-bond donors (Lipinski definition) is 2. The van der Waals surface area contributed by atoms with Gasteiger partial charge in [0.2, 0.25) is 0 Å². The lowest BCUT2D eigenvalue weighted by molar-refractivity contribution is 0.665. The van der Waals surface area contributed by atoms with Gasteiger partial charge in [-0.1, -0.05) is 18.2 Å². The number of hydrogen-bond acceptors (Lipinski definition) is 2. The number of nitrogens with one attached hydrogen (secondary N) is 2. The molecule has 1 aromatic carbocycles. The van der Waals surface area contributed by atoms with E-state index < -0.39 is 0 Å². The minimum absolute atomic E-state index is 0. The number of nitrogens with zero attached hydrogens (tertiary/aromatic N) is 3. The van der Waals surface area contributed by atoms with Gasteiger partial charge in [0.05, 0.1) is 6.54 Å². The molecule has 24 heavy (non-hydrogen) atoms. The third-order valence-electron chi connectivity index (χ3n) is 3.58. The molecule has 0 bridgehead atoms. The van der Waals surface area contributed by atoms with Gasteiger partial charge in [0.15, 0.2) is 5.96 Å². The van der Waals surface area contributed by atoms with Crippen LogP contribution in [-0.4, -0.2) is 43.8 Å². The van der Waals surface area contributed by atoms with Gasteiger partial charge >= 0.3 is 0 Å². The monoisotopic (exact) mass is 441 g/mol. The minimum Gasteiger partial charge on any atom is -0.373 e. The molecule has 132 valence electrons. The molecule has 0 aliphatic heterocycles. The number of aromatic nitrogens is 1. The zero-order valence-electron chi connectivity index (χ0n) is 14.5. The Morgan fingerprint density at radius 1 is 1.08 bits per heavy atom. The van der Waals surface area contributed by atoms with Crippen LogP contribution in [0.3, 0.4) is 0 Å². The van der Waals surface area contributed by atoms with Crippen LogP contribution >= 0.6 is 24.0 Å². The second-order valence-corrected chi connectivity index (χ2v) is 5.37. The predicted octanol–water partition coefficient (Wildman–Crippen LogP) is 2.80. The normalized spacial score (nSPS) is 10.8. The second-order valence-electron chi connectivity index (χ2n) is 5.37. The van der Waals surface area contributed by atoms with E-state index in [2.05, 4.69) is 75.7 Å². The SMILES string of the molecule is CCNC(=NCCN(C)c1ccccc1)NCCn1cccc1.I. The Hall–Kier alpha value is -1.70. The molecule has 0 aliphatic rings. The van der Waals surface area contributed by atoms with E-state index in [-0.39, 0.29) is 24.0 Å². The molecule has 0 spiro atoms. The zero-order valence-corrected chi connectivity index (χ0v) is 16.8. The zero-order chi connectivity index (χ0) is 16.3. The van der Waals surface area contributed by atoms with Gasteiger partial charge in [-0.05, 0) is 31.2 Å². The lowest BCUT2D eigenvalue weighted by Crippen LogP contribution is -2.39. The molecule has 0 saturated carbocycles. The van der Waals surface area contributed by atoms with Crippen LogP contribution in [0.1, 0.15) is 6.92 Å². The molecule has 2 rings (SSSR count). The van der Waals surface area contributed by atoms with Crippen molar-refractivity contribution in [3.63, 3.8) is 0 Å². The highest BCUT2D eigenvalue weighted by atomic mass is 127. The van der Waals surface area contributed by atoms with Crippen molar-refractivity contribution in [3.8, 4) is 0 Å². The molecule has 0 unspecified atom stereocenters. The Morgan fingerprint density at radius 3 is 2.46 bits per heavy atom. The van der Waals surface area contributed by atoms with Crippen LogP contribution in [0.15, 0.2) is 59.9 Å². The number of para-hydroxylation sites is 1. The summed E-state index contributed by atoms with van der Waals surface area (Å²) in [5.74, 6) is 0.876. The summed E-state index contributed by atoms with van der Waals surface area (Å²) in [6.45, 7) is 6.38. The molecule has 0 amide bonds. The summed E-state index contributed by atoms with van der Waals surface area (Å²) >= 11 is 0. The number of anilines is 1. The third kappa shape index (κ3) is 7.25. The second kappa shape index (κ2) is 11.8. The van der Waals surface area contributed by atoms with Crippen LogP contribution in [0.2, 0.25) is 0 Å². The van der Waals surface area contributed by atoms with Gasteiger partial charge in [-0.3, -0.25) is 4.99 Å². The van der Waals surface area contributed by atoms with Gasteiger partial charge in [0.1, 0.15) is 0 Å². The van der Waals surface area contributed by atoms with Crippen molar-refractivity contribution in [2.45, 2.75) is 13.5 Å². The first-order valence-electron chi connectivity index (χ1n) is 8.18. The summed E-state index contributed by atoms with van der Waals surface area (Å²) in [5.41, 5.74) is 1.22. The van der Waals surface area contributed by atoms with Crippen LogP contribution in [0, 0.1) is 0 Å². The first-order valence-corrected chi connectivity index (χ1v) is 8.18. The van der Waals surface area contributed by atoms with E-state index in [1.165, 1.54) is 5.69 Å². The van der Waals surface area contributed by atoms with E-state index >= 15 is 0 Å². The Bertz CT molecular complexity index is 568. The summed E-state index contributed by atoms with van der Waals surface area (Å²) < 4.78 is 2.15. The maximum Gasteiger partial charge on any atom is 0.191 e. The molecule has 2 aromatic rings. The number of likely N-dealkylation sites (N-methyl/N-ethyl adjacent to an activating group) is 1. The van der Waals surface area contributed by atoms with Crippen LogP contribution in [0.4, 0.5) is 5.69 Å². The topological polar surface area (TPSA) is 44.6 Å². The largest absolute Gasteiger partial charge is 0.373 e. The lowest BCUT2D eigenvalue weighted by atomic mass is 10.3. The highest BCUT2D eigenvalue weighted by Crippen LogP contribution is 2.09. The molecule has 0 atom stereocenters. The highest BCUT2D eigenvalue weighted by molar-refractivity contribution is 14.0. The van der Waals surface area contributed by atoms with Gasteiger partial charge in [-0.2, -0.15) is 0 Å². The smallest absolute Gasteiger partial charge is 0.191 e. The minimum atomic E-state index is 0. The molecule has 0 saturated heterocycles. The fourth-order valence-corrected chi connectivity index (χ4v) is 2.29. The Balaban J connectivity index is 0.00000288. The van der Waals surface area contributed by atoms with Crippen LogP contribution in [0.25, 0.3) is 0 Å². The third-order valence-corrected chi connectivity index (χ3v) is 3.58. The van der Waals surface area contributed by atoms with Gasteiger partial charge in [0, 0.05) is 51.3 Å². The summed E-state index contributed by atoms with van der Waals surface area (Å²) in [7, 11) is 2.09. The van der Waals surface area contributed by atoms with Gasteiger partial charge < -0.3 is 20.1 Å². The Kier molecular flexibility index (Phi) is 9.98. The van der Waals surface area contributed by atoms with Crippen molar-refractivity contribution in [3.05, 3.63) is 54.9 Å². The first-order chi connectivity index (χ1) is 11.3. The number of halogens is 1. The maximum absolute atomic E-state index is 4.64. The molecular formula is C18H28IN5. The van der Waals surface area contributed by atoms with Crippen molar-refractivity contribution in [1.29, 1.82) is 0 Å². The van der Waals surface area contributed by atoms with Gasteiger partial charge in [0.25, 0.3) is 0 Å². The van der Waals surface area contributed by atoms with Crippen LogP contribution in [-0.2, 0) is 6.54 Å². The van der Waals surface area contributed by atoms with Crippen molar-refractivity contribution < 1.29 is 0 Å². The summed E-state index contributed by atoms with van der Waals surface area (Å²) in [6.07, 6.45) is 4.14. The van der Waals surface area contributed by atoms with Gasteiger partial charge in [-0.25, -0.2) is 0 Å². The molecule has 1 aromatic heterocycles. The van der Waals surface area contributed by atoms with E-state index in [1.807, 2.05) is 18.2 Å². The van der Waals surface area contributed by atoms with E-state index in [9.17, 15) is 0 Å². The fourth-order valence-electron chi connectivity index (χ4n) is 2.29. The summed E-state index contributed by atoms with van der Waals surface area (Å²) in [6, 6.07) is 14.5. The summed E-state index contributed by atoms with van der Waals surface area (Å²) in [5, 5.41) is 6.66. The van der Waals surface area contributed by atoms with E-state index in [4.69, 9.17) is 0 Å². The molecule has 5 nitrogen and oxygen atoms in total. The standard InChI is InChI=1S/C18H27N5.HI/c1-3-19-18(21-12-16-23-13-7-8-14-23)20-11-15-22(2)17-9-5-4-6-10-17;/h4-10,13-14H,3,11-12,15-16H2,1-2H3,(H2,19,20,21);1H. The molecule has 0 radical (unpaired) electrons. The fraction of sp³-hybridized carbons (Fsp3) is 0.389. The molecular weight excluding hydrogens is 413 g/mol. The van der Waals surface area contributed by atoms with Crippen molar-refractivity contribution in [2.24, 2.45) is 4.99 Å². The highest BCUT2D eigenvalue weighted by Gasteiger charge is 2.00. The quantitative estimate of drug-likeness (QED) is 0.376. The van der Waals surface area contributed by atoms with E-state index in [0.29, 0.717) is 0 Å². The lowest BCUT2D eigenvalue weighted by Gasteiger charge is -2.18. The molecule has 6 heteroatoms. The number of aliphatic imine (C=N–C) groups is 1.